The van der Waals surface area contributed by atoms with Gasteiger partial charge in [0.2, 0.25) is 0 Å². The van der Waals surface area contributed by atoms with Gasteiger partial charge >= 0.3 is 0 Å². The van der Waals surface area contributed by atoms with Gasteiger partial charge in [-0.25, -0.2) is 0 Å². The smallest absolute Gasteiger partial charge is 0.252 e. The normalized spacial score (nSPS) is 10.4. The first-order chi connectivity index (χ1) is 9.11. The van der Waals surface area contributed by atoms with Crippen molar-refractivity contribution in [2.45, 2.75) is 19.9 Å². The molecule has 1 heterocycles. The first-order valence-electron chi connectivity index (χ1n) is 6.01. The van der Waals surface area contributed by atoms with Crippen LogP contribution >= 0.6 is 27.3 Å². The summed E-state index contributed by atoms with van der Waals surface area (Å²) in [6.45, 7) is 2.67. The van der Waals surface area contributed by atoms with E-state index in [9.17, 15) is 4.79 Å². The summed E-state index contributed by atoms with van der Waals surface area (Å²) in [5.74, 6) is -0.120. The number of carbonyl (C=O) groups excluding carboxylic acids is 1. The topological polar surface area (TPSA) is 55.1 Å². The first kappa shape index (κ1) is 14.1. The van der Waals surface area contributed by atoms with Crippen molar-refractivity contribution in [3.63, 3.8) is 0 Å². The Labute approximate surface area is 125 Å². The van der Waals surface area contributed by atoms with Crippen LogP contribution in [0.1, 0.15) is 27.0 Å². The molecule has 1 amide bonds. The van der Waals surface area contributed by atoms with Crippen molar-refractivity contribution in [3.8, 4) is 0 Å². The molecule has 2 aromatic rings. The summed E-state index contributed by atoms with van der Waals surface area (Å²) in [5.41, 5.74) is 6.89. The Morgan fingerprint density at radius 2 is 2.05 bits per heavy atom. The summed E-state index contributed by atoms with van der Waals surface area (Å²) >= 11 is 5.07. The third-order valence-electron chi connectivity index (χ3n) is 2.76. The number of halogens is 1. The summed E-state index contributed by atoms with van der Waals surface area (Å²) in [6, 6.07) is 9.44. The van der Waals surface area contributed by atoms with E-state index in [1.54, 1.807) is 29.5 Å². The number of aryl methyl sites for hydroxylation is 1. The molecule has 0 fully saturated rings. The fraction of sp³-hybridized carbons (Fsp3) is 0.214. The van der Waals surface area contributed by atoms with Gasteiger partial charge in [0.1, 0.15) is 0 Å². The van der Waals surface area contributed by atoms with Crippen molar-refractivity contribution >= 4 is 38.9 Å². The molecule has 3 nitrogen and oxygen atoms in total. The van der Waals surface area contributed by atoms with E-state index in [1.807, 2.05) is 0 Å². The number of amides is 1. The van der Waals surface area contributed by atoms with Crippen LogP contribution in [0.3, 0.4) is 0 Å². The van der Waals surface area contributed by atoms with Gasteiger partial charge in [-0.05, 0) is 46.6 Å². The van der Waals surface area contributed by atoms with Crippen LogP contribution in [0.4, 0.5) is 5.69 Å². The second kappa shape index (κ2) is 6.21. The van der Waals surface area contributed by atoms with E-state index in [0.29, 0.717) is 22.3 Å². The van der Waals surface area contributed by atoms with Crippen LogP contribution in [0.5, 0.6) is 0 Å². The number of carbonyl (C=O) groups is 1. The monoisotopic (exact) mass is 338 g/mol. The van der Waals surface area contributed by atoms with E-state index >= 15 is 0 Å². The fourth-order valence-electron chi connectivity index (χ4n) is 1.70. The molecule has 5 heteroatoms. The lowest BCUT2D eigenvalue weighted by molar-refractivity contribution is 0.0950. The number of hydrogen-bond acceptors (Lipinski definition) is 3. The average Bonchev–Trinajstić information content (AvgIpc) is 2.87. The van der Waals surface area contributed by atoms with Crippen molar-refractivity contribution < 1.29 is 4.79 Å². The highest BCUT2D eigenvalue weighted by Gasteiger charge is 2.11. The van der Waals surface area contributed by atoms with Crippen molar-refractivity contribution in [2.24, 2.45) is 0 Å². The molecule has 19 heavy (non-hydrogen) atoms. The molecule has 0 bridgehead atoms. The standard InChI is InChI=1S/C14H15BrN2OS/c1-2-9-6-7-10(19-9)8-17-14(18)11-4-3-5-12(16)13(11)15/h3-7H,2,8,16H2,1H3,(H,17,18). The first-order valence-corrected chi connectivity index (χ1v) is 7.62. The summed E-state index contributed by atoms with van der Waals surface area (Å²) in [5, 5.41) is 2.91. The lowest BCUT2D eigenvalue weighted by Crippen LogP contribution is -2.22. The molecule has 0 aliphatic rings. The average molecular weight is 339 g/mol. The zero-order valence-electron chi connectivity index (χ0n) is 10.6. The van der Waals surface area contributed by atoms with E-state index in [0.717, 1.165) is 11.3 Å². The molecular weight excluding hydrogens is 324 g/mol. The van der Waals surface area contributed by atoms with Gasteiger partial charge in [0.15, 0.2) is 0 Å². The number of hydrogen-bond donors (Lipinski definition) is 2. The highest BCUT2D eigenvalue weighted by Crippen LogP contribution is 2.24. The fourth-order valence-corrected chi connectivity index (χ4v) is 3.04. The number of nitrogens with one attached hydrogen (secondary N) is 1. The number of anilines is 1. The zero-order chi connectivity index (χ0) is 13.8. The van der Waals surface area contributed by atoms with E-state index in [1.165, 1.54) is 4.88 Å². The predicted octanol–water partition coefficient (Wildman–Crippen LogP) is 3.59. The van der Waals surface area contributed by atoms with Crippen LogP contribution in [0.2, 0.25) is 0 Å². The maximum atomic E-state index is 12.1. The molecule has 0 unspecified atom stereocenters. The maximum absolute atomic E-state index is 12.1. The summed E-state index contributed by atoms with van der Waals surface area (Å²) in [6.07, 6.45) is 1.03. The Balaban J connectivity index is 2.03. The van der Waals surface area contributed by atoms with Crippen molar-refractivity contribution in [2.75, 3.05) is 5.73 Å². The second-order valence-corrected chi connectivity index (χ2v) is 6.16. The Morgan fingerprint density at radius 3 is 2.74 bits per heavy atom. The van der Waals surface area contributed by atoms with Gasteiger partial charge in [0.25, 0.3) is 5.91 Å². The molecule has 1 aromatic carbocycles. The Bertz CT molecular complexity index is 595. The van der Waals surface area contributed by atoms with Gasteiger partial charge in [-0.2, -0.15) is 0 Å². The molecule has 0 aliphatic carbocycles. The third kappa shape index (κ3) is 3.36. The number of rotatable bonds is 4. The second-order valence-electron chi connectivity index (χ2n) is 4.11. The van der Waals surface area contributed by atoms with Crippen LogP contribution in [0.25, 0.3) is 0 Å². The van der Waals surface area contributed by atoms with Gasteiger partial charge in [-0.3, -0.25) is 4.79 Å². The van der Waals surface area contributed by atoms with E-state index in [-0.39, 0.29) is 5.91 Å². The molecule has 100 valence electrons. The molecule has 0 spiro atoms. The lowest BCUT2D eigenvalue weighted by Gasteiger charge is -2.07. The number of nitrogen functional groups attached to an aromatic ring is 1. The molecule has 0 radical (unpaired) electrons. The van der Waals surface area contributed by atoms with E-state index < -0.39 is 0 Å². The Morgan fingerprint density at radius 1 is 1.32 bits per heavy atom. The zero-order valence-corrected chi connectivity index (χ0v) is 13.0. The van der Waals surface area contributed by atoms with Crippen molar-refractivity contribution in [1.82, 2.24) is 5.32 Å². The van der Waals surface area contributed by atoms with Gasteiger partial charge < -0.3 is 11.1 Å². The van der Waals surface area contributed by atoms with Gasteiger partial charge in [-0.1, -0.05) is 13.0 Å². The van der Waals surface area contributed by atoms with Crippen LogP contribution in [-0.2, 0) is 13.0 Å². The summed E-state index contributed by atoms with van der Waals surface area (Å²) in [4.78, 5) is 14.6. The summed E-state index contributed by atoms with van der Waals surface area (Å²) in [7, 11) is 0. The quantitative estimate of drug-likeness (QED) is 0.837. The van der Waals surface area contributed by atoms with E-state index in [2.05, 4.69) is 40.3 Å². The maximum Gasteiger partial charge on any atom is 0.252 e. The summed E-state index contributed by atoms with van der Waals surface area (Å²) < 4.78 is 0.646. The number of nitrogens with two attached hydrogens (primary N) is 1. The molecular formula is C14H15BrN2OS. The van der Waals surface area contributed by atoms with Gasteiger partial charge in [-0.15, -0.1) is 11.3 Å². The van der Waals surface area contributed by atoms with Crippen LogP contribution in [0.15, 0.2) is 34.8 Å². The minimum absolute atomic E-state index is 0.120. The molecule has 0 atom stereocenters. The van der Waals surface area contributed by atoms with Crippen molar-refractivity contribution in [3.05, 3.63) is 50.1 Å². The van der Waals surface area contributed by atoms with Crippen LogP contribution < -0.4 is 11.1 Å². The highest BCUT2D eigenvalue weighted by molar-refractivity contribution is 9.10. The van der Waals surface area contributed by atoms with Crippen LogP contribution in [-0.4, -0.2) is 5.91 Å². The Kier molecular flexibility index (Phi) is 4.61. The number of thiophene rings is 1. The van der Waals surface area contributed by atoms with E-state index in [4.69, 9.17) is 5.73 Å². The molecule has 3 N–H and O–H groups in total. The molecule has 0 saturated carbocycles. The molecule has 0 aliphatic heterocycles. The van der Waals surface area contributed by atoms with Gasteiger partial charge in [0, 0.05) is 15.4 Å². The highest BCUT2D eigenvalue weighted by atomic mass is 79.9. The largest absolute Gasteiger partial charge is 0.398 e. The minimum Gasteiger partial charge on any atom is -0.398 e. The molecule has 1 aromatic heterocycles. The van der Waals surface area contributed by atoms with Crippen LogP contribution in [0, 0.1) is 0 Å². The third-order valence-corrected chi connectivity index (χ3v) is 4.88. The molecule has 2 rings (SSSR count). The SMILES string of the molecule is CCc1ccc(CNC(=O)c2cccc(N)c2Br)s1. The number of benzene rings is 1. The van der Waals surface area contributed by atoms with Crippen molar-refractivity contribution in [1.29, 1.82) is 0 Å². The Hall–Kier alpha value is -1.33. The lowest BCUT2D eigenvalue weighted by atomic mass is 10.2. The molecule has 0 saturated heterocycles. The minimum atomic E-state index is -0.120. The predicted molar refractivity (Wildman–Crippen MR) is 83.4 cm³/mol. The van der Waals surface area contributed by atoms with Gasteiger partial charge in [0.05, 0.1) is 16.6 Å².